The number of hydrogen-bond acceptors (Lipinski definition) is 9. The number of nitrogens with one attached hydrogen (secondary N) is 2. The Morgan fingerprint density at radius 3 is 2.38 bits per heavy atom. The molecule has 1 unspecified atom stereocenters. The summed E-state index contributed by atoms with van der Waals surface area (Å²) in [5.41, 5.74) is 1.94. The van der Waals surface area contributed by atoms with Gasteiger partial charge in [-0.05, 0) is 82.4 Å². The van der Waals surface area contributed by atoms with Gasteiger partial charge in [-0.1, -0.05) is 6.07 Å². The molecule has 1 aromatic heterocycles. The van der Waals surface area contributed by atoms with E-state index in [1.165, 1.54) is 18.2 Å². The number of likely N-dealkylation sites (N-methyl/N-ethyl adjacent to an activating group) is 1. The number of halogens is 2. The summed E-state index contributed by atoms with van der Waals surface area (Å²) >= 11 is 0. The molecule has 0 saturated heterocycles. The molecule has 4 rings (SSSR count). The second-order valence-electron chi connectivity index (χ2n) is 10.5. The van der Waals surface area contributed by atoms with Crippen molar-refractivity contribution in [2.24, 2.45) is 0 Å². The average molecular weight is 644 g/mol. The quantitative estimate of drug-likeness (QED) is 0.206. The zero-order valence-corrected chi connectivity index (χ0v) is 26.4. The van der Waals surface area contributed by atoms with E-state index in [4.69, 9.17) is 9.47 Å². The number of methoxy groups -OCH3 is 1. The molecule has 45 heavy (non-hydrogen) atoms. The number of benzene rings is 3. The summed E-state index contributed by atoms with van der Waals surface area (Å²) in [7, 11) is 1.12. The molecule has 0 saturated carbocycles. The molecule has 0 aliphatic heterocycles. The van der Waals surface area contributed by atoms with Crippen molar-refractivity contribution in [3.8, 4) is 0 Å². The van der Waals surface area contributed by atoms with Crippen LogP contribution in [-0.2, 0) is 25.7 Å². The van der Waals surface area contributed by atoms with Crippen molar-refractivity contribution in [3.05, 3.63) is 77.4 Å². The number of fused-ring (bicyclic) bond motifs is 1. The van der Waals surface area contributed by atoms with E-state index in [0.29, 0.717) is 37.0 Å². The van der Waals surface area contributed by atoms with Crippen molar-refractivity contribution in [1.29, 1.82) is 0 Å². The third-order valence-electron chi connectivity index (χ3n) is 7.14. The minimum absolute atomic E-state index is 0.0365. The summed E-state index contributed by atoms with van der Waals surface area (Å²) in [6.45, 7) is 4.54. The molecule has 0 fully saturated rings. The lowest BCUT2D eigenvalue weighted by molar-refractivity contribution is 0.102. The number of hydrogen-bond donors (Lipinski definition) is 2. The summed E-state index contributed by atoms with van der Waals surface area (Å²) in [6, 6.07) is 11.2. The van der Waals surface area contributed by atoms with Crippen molar-refractivity contribution in [2.75, 3.05) is 51.6 Å². The number of amides is 1. The van der Waals surface area contributed by atoms with Gasteiger partial charge in [-0.3, -0.25) is 4.79 Å². The minimum atomic E-state index is -4.41. The van der Waals surface area contributed by atoms with Crippen LogP contribution in [0, 0.1) is 11.6 Å². The van der Waals surface area contributed by atoms with Gasteiger partial charge >= 0.3 is 6.09 Å². The lowest BCUT2D eigenvalue weighted by Crippen LogP contribution is -2.26. The number of anilines is 2. The zero-order chi connectivity index (χ0) is 32.9. The van der Waals surface area contributed by atoms with E-state index in [9.17, 15) is 26.8 Å². The molecule has 4 aromatic rings. The van der Waals surface area contributed by atoms with Gasteiger partial charge in [0, 0.05) is 36.8 Å². The SMILES string of the molecule is CCOC(=O)n1nc(NC(=O)c2ccc(CC(C)N(C)C)cc2NCCOC)c2cc(S(=O)(=O)c3cc(F)cc(F)c3)ccc21. The van der Waals surface area contributed by atoms with Crippen molar-refractivity contribution < 1.29 is 36.3 Å². The van der Waals surface area contributed by atoms with E-state index in [1.54, 1.807) is 20.1 Å². The van der Waals surface area contributed by atoms with E-state index in [1.807, 2.05) is 26.2 Å². The van der Waals surface area contributed by atoms with Gasteiger partial charge < -0.3 is 25.0 Å². The summed E-state index contributed by atoms with van der Waals surface area (Å²) in [4.78, 5) is 27.6. The first kappa shape index (κ1) is 33.5. The first-order valence-corrected chi connectivity index (χ1v) is 15.6. The van der Waals surface area contributed by atoms with Crippen LogP contribution in [0.25, 0.3) is 10.9 Å². The highest BCUT2D eigenvalue weighted by Gasteiger charge is 2.25. The van der Waals surface area contributed by atoms with Crippen molar-refractivity contribution in [1.82, 2.24) is 14.7 Å². The molecule has 1 heterocycles. The molecule has 0 aliphatic carbocycles. The Balaban J connectivity index is 1.78. The monoisotopic (exact) mass is 643 g/mol. The van der Waals surface area contributed by atoms with Crippen LogP contribution >= 0.6 is 0 Å². The number of aromatic nitrogens is 2. The van der Waals surface area contributed by atoms with Gasteiger partial charge in [0.15, 0.2) is 5.82 Å². The van der Waals surface area contributed by atoms with Crippen LogP contribution in [0.4, 0.5) is 25.1 Å². The molecule has 240 valence electrons. The second-order valence-corrected chi connectivity index (χ2v) is 12.5. The first-order valence-electron chi connectivity index (χ1n) is 14.1. The van der Waals surface area contributed by atoms with E-state index in [-0.39, 0.29) is 39.8 Å². The predicted molar refractivity (Wildman–Crippen MR) is 166 cm³/mol. The van der Waals surface area contributed by atoms with Gasteiger partial charge in [0.25, 0.3) is 5.91 Å². The number of carbonyl (C=O) groups excluding carboxylic acids is 2. The van der Waals surface area contributed by atoms with Gasteiger partial charge in [0.1, 0.15) is 11.6 Å². The molecule has 1 atom stereocenters. The highest BCUT2D eigenvalue weighted by Crippen LogP contribution is 2.31. The highest BCUT2D eigenvalue weighted by atomic mass is 32.2. The van der Waals surface area contributed by atoms with Gasteiger partial charge in [0.05, 0.1) is 34.1 Å². The van der Waals surface area contributed by atoms with Crippen molar-refractivity contribution >= 4 is 44.2 Å². The maximum Gasteiger partial charge on any atom is 0.435 e. The second kappa shape index (κ2) is 14.1. The first-order chi connectivity index (χ1) is 21.3. The molecular weight excluding hydrogens is 608 g/mol. The minimum Gasteiger partial charge on any atom is -0.448 e. The van der Waals surface area contributed by atoms with Gasteiger partial charge in [-0.2, -0.15) is 4.68 Å². The average Bonchev–Trinajstić information content (AvgIpc) is 3.34. The van der Waals surface area contributed by atoms with Crippen LogP contribution < -0.4 is 10.6 Å². The molecular formula is C31H35F2N5O6S. The number of ether oxygens (including phenoxy) is 2. The number of sulfone groups is 1. The molecule has 11 nitrogen and oxygen atoms in total. The Morgan fingerprint density at radius 1 is 1.02 bits per heavy atom. The van der Waals surface area contributed by atoms with Crippen LogP contribution in [0.5, 0.6) is 0 Å². The summed E-state index contributed by atoms with van der Waals surface area (Å²) in [5, 5.41) is 10.2. The van der Waals surface area contributed by atoms with E-state index >= 15 is 0 Å². The van der Waals surface area contributed by atoms with E-state index in [0.717, 1.165) is 16.7 Å². The maximum absolute atomic E-state index is 13.9. The summed E-state index contributed by atoms with van der Waals surface area (Å²) in [6.07, 6.45) is -0.123. The van der Waals surface area contributed by atoms with Crippen LogP contribution in [-0.4, -0.2) is 82.1 Å². The molecule has 0 bridgehead atoms. The standard InChI is InChI=1S/C31H35F2N5O6S/c1-6-44-31(40)38-28-10-8-23(45(41,42)24-16-21(32)15-22(33)17-24)18-26(28)29(36-38)35-30(39)25-9-7-20(13-19(2)37(3)4)14-27(25)34-11-12-43-5/h7-10,14-19,34H,6,11-13H2,1-5H3,(H,35,36,39). The van der Waals surface area contributed by atoms with Gasteiger partial charge in [-0.15, -0.1) is 5.10 Å². The Labute approximate surface area is 260 Å². The topological polar surface area (TPSA) is 132 Å². The zero-order valence-electron chi connectivity index (χ0n) is 25.6. The Morgan fingerprint density at radius 2 is 1.73 bits per heavy atom. The normalized spacial score (nSPS) is 12.4. The molecule has 2 N–H and O–H groups in total. The number of nitrogens with zero attached hydrogens (tertiary/aromatic N) is 3. The lowest BCUT2D eigenvalue weighted by atomic mass is 10.0. The molecule has 3 aromatic carbocycles. The smallest absolute Gasteiger partial charge is 0.435 e. The fourth-order valence-corrected chi connectivity index (χ4v) is 5.88. The fraction of sp³-hybridized carbons (Fsp3) is 0.323. The summed E-state index contributed by atoms with van der Waals surface area (Å²) in [5.74, 6) is -2.83. The van der Waals surface area contributed by atoms with Crippen LogP contribution in [0.15, 0.2) is 64.4 Å². The van der Waals surface area contributed by atoms with Crippen LogP contribution in [0.1, 0.15) is 29.8 Å². The number of rotatable bonds is 12. The molecule has 1 amide bonds. The van der Waals surface area contributed by atoms with Gasteiger partial charge in [0.2, 0.25) is 9.84 Å². The largest absolute Gasteiger partial charge is 0.448 e. The van der Waals surface area contributed by atoms with Gasteiger partial charge in [-0.25, -0.2) is 22.0 Å². The van der Waals surface area contributed by atoms with E-state index < -0.39 is 38.4 Å². The van der Waals surface area contributed by atoms with Crippen LogP contribution in [0.3, 0.4) is 0 Å². The third kappa shape index (κ3) is 7.64. The maximum atomic E-state index is 13.9. The Kier molecular flexibility index (Phi) is 10.5. The molecule has 0 radical (unpaired) electrons. The lowest BCUT2D eigenvalue weighted by Gasteiger charge is -2.20. The molecule has 0 spiro atoms. The molecule has 0 aliphatic rings. The van der Waals surface area contributed by atoms with Crippen molar-refractivity contribution in [2.45, 2.75) is 36.1 Å². The van der Waals surface area contributed by atoms with Crippen LogP contribution in [0.2, 0.25) is 0 Å². The van der Waals surface area contributed by atoms with Crippen molar-refractivity contribution in [3.63, 3.8) is 0 Å². The number of carbonyl (C=O) groups is 2. The fourth-order valence-electron chi connectivity index (χ4n) is 4.55. The third-order valence-corrected chi connectivity index (χ3v) is 8.87. The molecule has 14 heteroatoms. The summed E-state index contributed by atoms with van der Waals surface area (Å²) < 4.78 is 65.6. The predicted octanol–water partition coefficient (Wildman–Crippen LogP) is 4.96. The Hall–Kier alpha value is -4.40. The highest BCUT2D eigenvalue weighted by molar-refractivity contribution is 7.91. The Bertz CT molecular complexity index is 1810. The van der Waals surface area contributed by atoms with E-state index in [2.05, 4.69) is 27.6 Å².